The van der Waals surface area contributed by atoms with Crippen LogP contribution in [0.15, 0.2) is 66.5 Å². The van der Waals surface area contributed by atoms with E-state index in [9.17, 15) is 9.50 Å². The van der Waals surface area contributed by atoms with Gasteiger partial charge in [0.05, 0.1) is 22.4 Å². The number of halogens is 2. The standard InChI is InChI=1S/C20H15ClFNO2S/c21-17-8-7-16(26-17)14-11-25-20(13-5-1-2-6-15(13)22)18(14)19(24)12-4-3-9-23-10-12/h1-10,14,19,24H,11H2. The number of nitrogens with zero attached hydrogens (tertiary/aromatic N) is 1. The third-order valence-electron chi connectivity index (χ3n) is 4.38. The topological polar surface area (TPSA) is 42.4 Å². The van der Waals surface area contributed by atoms with Gasteiger partial charge in [-0.15, -0.1) is 11.3 Å². The maximum Gasteiger partial charge on any atom is 0.134 e. The second-order valence-corrected chi connectivity index (χ2v) is 7.71. The number of hydrogen-bond acceptors (Lipinski definition) is 4. The van der Waals surface area contributed by atoms with Gasteiger partial charge in [0.25, 0.3) is 0 Å². The van der Waals surface area contributed by atoms with Crippen molar-refractivity contribution >= 4 is 28.7 Å². The fourth-order valence-electron chi connectivity index (χ4n) is 3.16. The summed E-state index contributed by atoms with van der Waals surface area (Å²) in [6, 6.07) is 13.7. The molecule has 26 heavy (non-hydrogen) atoms. The highest BCUT2D eigenvalue weighted by atomic mass is 35.5. The Morgan fingerprint density at radius 3 is 2.73 bits per heavy atom. The summed E-state index contributed by atoms with van der Waals surface area (Å²) in [6.07, 6.45) is 2.30. The minimum absolute atomic E-state index is 0.197. The van der Waals surface area contributed by atoms with E-state index >= 15 is 0 Å². The highest BCUT2D eigenvalue weighted by Gasteiger charge is 2.36. The summed E-state index contributed by atoms with van der Waals surface area (Å²) in [6.45, 7) is 0.327. The molecule has 0 radical (unpaired) electrons. The summed E-state index contributed by atoms with van der Waals surface area (Å²) >= 11 is 7.52. The molecule has 0 bridgehead atoms. The Morgan fingerprint density at radius 1 is 1.19 bits per heavy atom. The lowest BCUT2D eigenvalue weighted by atomic mass is 9.89. The number of rotatable bonds is 4. The second-order valence-electron chi connectivity index (χ2n) is 5.96. The van der Waals surface area contributed by atoms with E-state index in [2.05, 4.69) is 4.98 Å². The summed E-state index contributed by atoms with van der Waals surface area (Å²) in [4.78, 5) is 5.05. The molecule has 0 saturated heterocycles. The minimum Gasteiger partial charge on any atom is -0.492 e. The van der Waals surface area contributed by atoms with Gasteiger partial charge < -0.3 is 9.84 Å². The van der Waals surface area contributed by atoms with E-state index in [1.165, 1.54) is 17.4 Å². The monoisotopic (exact) mass is 387 g/mol. The lowest BCUT2D eigenvalue weighted by Crippen LogP contribution is -2.10. The number of thiophene rings is 1. The maximum atomic E-state index is 14.4. The predicted molar refractivity (Wildman–Crippen MR) is 101 cm³/mol. The molecule has 132 valence electrons. The number of pyridine rings is 1. The van der Waals surface area contributed by atoms with E-state index in [1.54, 1.807) is 42.7 Å². The molecule has 0 aliphatic carbocycles. The lowest BCUT2D eigenvalue weighted by molar-refractivity contribution is 0.209. The molecule has 0 amide bonds. The van der Waals surface area contributed by atoms with Gasteiger partial charge in [0, 0.05) is 28.4 Å². The first kappa shape index (κ1) is 17.2. The van der Waals surface area contributed by atoms with Crippen LogP contribution < -0.4 is 0 Å². The zero-order valence-corrected chi connectivity index (χ0v) is 15.2. The zero-order valence-electron chi connectivity index (χ0n) is 13.6. The Kier molecular flexibility index (Phi) is 4.76. The molecule has 1 N–H and O–H groups in total. The van der Waals surface area contributed by atoms with Gasteiger partial charge in [-0.2, -0.15) is 0 Å². The third kappa shape index (κ3) is 3.14. The number of aliphatic hydroxyl groups is 1. The van der Waals surface area contributed by atoms with Gasteiger partial charge in [0.15, 0.2) is 0 Å². The molecule has 1 aromatic carbocycles. The summed E-state index contributed by atoms with van der Waals surface area (Å²) < 4.78 is 20.9. The molecule has 0 fully saturated rings. The highest BCUT2D eigenvalue weighted by Crippen LogP contribution is 2.47. The summed E-state index contributed by atoms with van der Waals surface area (Å²) in [5, 5.41) is 11.1. The van der Waals surface area contributed by atoms with Crippen LogP contribution >= 0.6 is 22.9 Å². The molecule has 1 aliphatic heterocycles. The average molecular weight is 388 g/mol. The number of benzene rings is 1. The van der Waals surface area contributed by atoms with Crippen molar-refractivity contribution in [1.82, 2.24) is 4.98 Å². The van der Waals surface area contributed by atoms with E-state index in [0.717, 1.165) is 4.88 Å². The molecule has 0 saturated carbocycles. The highest BCUT2D eigenvalue weighted by molar-refractivity contribution is 7.16. The van der Waals surface area contributed by atoms with Crippen LogP contribution in [0, 0.1) is 5.82 Å². The van der Waals surface area contributed by atoms with Crippen molar-refractivity contribution < 1.29 is 14.2 Å². The Labute approximate surface area is 159 Å². The van der Waals surface area contributed by atoms with E-state index in [-0.39, 0.29) is 11.7 Å². The van der Waals surface area contributed by atoms with Crippen LogP contribution in [0.2, 0.25) is 4.34 Å². The Bertz CT molecular complexity index is 957. The van der Waals surface area contributed by atoms with Crippen LogP contribution in [0.5, 0.6) is 0 Å². The first-order chi connectivity index (χ1) is 12.6. The molecule has 2 aromatic heterocycles. The molecule has 0 spiro atoms. The first-order valence-corrected chi connectivity index (χ1v) is 9.29. The van der Waals surface area contributed by atoms with E-state index in [0.29, 0.717) is 33.4 Å². The number of aromatic nitrogens is 1. The number of hydrogen-bond donors (Lipinski definition) is 1. The van der Waals surface area contributed by atoms with Crippen molar-refractivity contribution in [2.75, 3.05) is 6.61 Å². The number of ether oxygens (including phenoxy) is 1. The maximum absolute atomic E-state index is 14.4. The average Bonchev–Trinajstić information content (AvgIpc) is 3.28. The molecule has 6 heteroatoms. The van der Waals surface area contributed by atoms with Crippen LogP contribution in [0.3, 0.4) is 0 Å². The molecule has 2 atom stereocenters. The smallest absolute Gasteiger partial charge is 0.134 e. The zero-order chi connectivity index (χ0) is 18.1. The van der Waals surface area contributed by atoms with Crippen molar-refractivity contribution in [3.8, 4) is 0 Å². The summed E-state index contributed by atoms with van der Waals surface area (Å²) in [5.74, 6) is -0.200. The van der Waals surface area contributed by atoms with Gasteiger partial charge in [-0.25, -0.2) is 4.39 Å². The predicted octanol–water partition coefficient (Wildman–Crippen LogP) is 5.19. The van der Waals surface area contributed by atoms with Crippen molar-refractivity contribution in [1.29, 1.82) is 0 Å². The van der Waals surface area contributed by atoms with Crippen molar-refractivity contribution in [2.24, 2.45) is 0 Å². The Balaban J connectivity index is 1.86. The Hall–Kier alpha value is -2.21. The molecule has 2 unspecified atom stereocenters. The van der Waals surface area contributed by atoms with Gasteiger partial charge in [-0.05, 0) is 30.3 Å². The SMILES string of the molecule is OC(C1=C(c2ccccc2F)OCC1c1ccc(Cl)s1)c1cccnc1. The van der Waals surface area contributed by atoms with Gasteiger partial charge in [-0.3, -0.25) is 4.98 Å². The minimum atomic E-state index is -0.952. The van der Waals surface area contributed by atoms with Crippen LogP contribution in [0.4, 0.5) is 4.39 Å². The van der Waals surface area contributed by atoms with Crippen LogP contribution in [0.25, 0.3) is 5.76 Å². The first-order valence-electron chi connectivity index (χ1n) is 8.10. The van der Waals surface area contributed by atoms with Crippen LogP contribution in [0.1, 0.15) is 28.0 Å². The quantitative estimate of drug-likeness (QED) is 0.669. The molecule has 3 aromatic rings. The molecule has 4 rings (SSSR count). The third-order valence-corrected chi connectivity index (χ3v) is 5.73. The number of aliphatic hydroxyl groups excluding tert-OH is 1. The summed E-state index contributed by atoms with van der Waals surface area (Å²) in [5.41, 5.74) is 1.60. The fraction of sp³-hybridized carbons (Fsp3) is 0.150. The van der Waals surface area contributed by atoms with Crippen molar-refractivity contribution in [2.45, 2.75) is 12.0 Å². The van der Waals surface area contributed by atoms with Gasteiger partial charge in [0.2, 0.25) is 0 Å². The molecule has 3 heterocycles. The van der Waals surface area contributed by atoms with E-state index in [1.807, 2.05) is 12.1 Å². The lowest BCUT2D eigenvalue weighted by Gasteiger charge is -2.18. The second kappa shape index (κ2) is 7.19. The largest absolute Gasteiger partial charge is 0.492 e. The van der Waals surface area contributed by atoms with Gasteiger partial charge in [-0.1, -0.05) is 29.8 Å². The molecule has 3 nitrogen and oxygen atoms in total. The van der Waals surface area contributed by atoms with Crippen LogP contribution in [-0.2, 0) is 4.74 Å². The normalized spacial score (nSPS) is 18.0. The van der Waals surface area contributed by atoms with Crippen LogP contribution in [-0.4, -0.2) is 16.7 Å². The Morgan fingerprint density at radius 2 is 2.04 bits per heavy atom. The van der Waals surface area contributed by atoms with E-state index < -0.39 is 6.10 Å². The molecule has 1 aliphatic rings. The fourth-order valence-corrected chi connectivity index (χ4v) is 4.32. The van der Waals surface area contributed by atoms with Crippen molar-refractivity contribution in [3.05, 3.63) is 92.7 Å². The summed E-state index contributed by atoms with van der Waals surface area (Å²) in [7, 11) is 0. The van der Waals surface area contributed by atoms with E-state index in [4.69, 9.17) is 16.3 Å². The van der Waals surface area contributed by atoms with Gasteiger partial charge >= 0.3 is 0 Å². The van der Waals surface area contributed by atoms with Gasteiger partial charge in [0.1, 0.15) is 17.7 Å². The van der Waals surface area contributed by atoms with Crippen molar-refractivity contribution in [3.63, 3.8) is 0 Å². The molecular weight excluding hydrogens is 373 g/mol. The molecular formula is C20H15ClFNO2S.